The molecule has 0 unspecified atom stereocenters. The van der Waals surface area contributed by atoms with Crippen LogP contribution in [-0.2, 0) is 0 Å². The summed E-state index contributed by atoms with van der Waals surface area (Å²) in [5.74, 6) is -2.81. The Morgan fingerprint density at radius 1 is 0.276 bits per heavy atom. The first kappa shape index (κ1) is 32.8. The van der Waals surface area contributed by atoms with Gasteiger partial charge in [-0.2, -0.15) is 0 Å². The Bertz CT molecular complexity index is 3380. The van der Waals surface area contributed by atoms with Gasteiger partial charge in [-0.25, -0.2) is 17.6 Å². The maximum Gasteiger partial charge on any atom is 0.143 e. The minimum absolute atomic E-state index is 0.354. The lowest BCUT2D eigenvalue weighted by Crippen LogP contribution is -1.93. The highest BCUT2D eigenvalue weighted by molar-refractivity contribution is 6.38. The third-order valence-corrected chi connectivity index (χ3v) is 11.6. The summed E-state index contributed by atoms with van der Waals surface area (Å²) in [6, 6.07) is 47.1. The van der Waals surface area contributed by atoms with E-state index in [-0.39, 0.29) is 0 Å². The van der Waals surface area contributed by atoms with Crippen molar-refractivity contribution in [3.8, 4) is 44.5 Å². The van der Waals surface area contributed by atoms with Crippen LogP contribution >= 0.6 is 0 Å². The van der Waals surface area contributed by atoms with Gasteiger partial charge in [-0.1, -0.05) is 72.8 Å². The van der Waals surface area contributed by atoms with Gasteiger partial charge < -0.3 is 8.83 Å². The summed E-state index contributed by atoms with van der Waals surface area (Å²) in [5.41, 5.74) is 8.36. The number of hydrogen-bond donors (Lipinski definition) is 0. The molecule has 6 heteroatoms. The third-order valence-electron chi connectivity index (χ3n) is 11.6. The smallest absolute Gasteiger partial charge is 0.143 e. The molecule has 12 aromatic rings. The standard InChI is InChI=1S/C52H26F4O2/c53-33-15-31(16-34(54)21-33)39-23-45-49-41(25-43-37-13-11-29(19-47(37)57-51(43)45)27-7-3-1-4-8-27)40(32-17-35(55)22-36(56)18-32)24-46-50(49)42(39)26-44-38-14-12-30(20-48(38)58-52(44)46)28-9-5-2-6-10-28/h1-26H. The number of halogens is 4. The van der Waals surface area contributed by atoms with Crippen LogP contribution < -0.4 is 0 Å². The van der Waals surface area contributed by atoms with Crippen LogP contribution in [0.2, 0.25) is 0 Å². The van der Waals surface area contributed by atoms with Gasteiger partial charge in [0.1, 0.15) is 45.6 Å². The molecule has 274 valence electrons. The van der Waals surface area contributed by atoms with Gasteiger partial charge in [-0.3, -0.25) is 0 Å². The molecule has 0 saturated carbocycles. The molecule has 2 nitrogen and oxygen atoms in total. The lowest BCUT2D eigenvalue weighted by molar-refractivity contribution is 0.583. The molecule has 0 amide bonds. The Labute approximate surface area is 327 Å². The maximum atomic E-state index is 15.1. The SMILES string of the molecule is Fc1cc(F)cc(-c2cc3c4oc5cc(-c6ccccc6)ccc5c4cc4c(-c5cc(F)cc(F)c5)cc5c6oc7cc(-c8ccccc8)ccc7c6cc2c5c43)c1. The van der Waals surface area contributed by atoms with E-state index in [4.69, 9.17) is 8.83 Å². The second-order valence-electron chi connectivity index (χ2n) is 15.0. The number of hydrogen-bond acceptors (Lipinski definition) is 2. The average Bonchev–Trinajstić information content (AvgIpc) is 3.79. The van der Waals surface area contributed by atoms with Crippen molar-refractivity contribution in [1.82, 2.24) is 0 Å². The Kier molecular flexibility index (Phi) is 6.80. The molecule has 0 saturated heterocycles. The zero-order chi connectivity index (χ0) is 38.8. The van der Waals surface area contributed by atoms with E-state index >= 15 is 17.6 Å². The largest absolute Gasteiger partial charge is 0.455 e. The monoisotopic (exact) mass is 758 g/mol. The fourth-order valence-corrected chi connectivity index (χ4v) is 9.07. The van der Waals surface area contributed by atoms with Crippen molar-refractivity contribution in [1.29, 1.82) is 0 Å². The second kappa shape index (κ2) is 12.0. The van der Waals surface area contributed by atoms with Gasteiger partial charge in [0.05, 0.1) is 0 Å². The first-order chi connectivity index (χ1) is 28.3. The average molecular weight is 759 g/mol. The van der Waals surface area contributed by atoms with E-state index in [1.165, 1.54) is 24.3 Å². The van der Waals surface area contributed by atoms with E-state index in [0.29, 0.717) is 55.4 Å². The lowest BCUT2D eigenvalue weighted by atomic mass is 9.84. The molecule has 10 aromatic carbocycles. The van der Waals surface area contributed by atoms with Gasteiger partial charge in [0.15, 0.2) is 0 Å². The topological polar surface area (TPSA) is 26.3 Å². The highest BCUT2D eigenvalue weighted by atomic mass is 19.1. The minimum Gasteiger partial charge on any atom is -0.455 e. The first-order valence-electron chi connectivity index (χ1n) is 18.9. The Morgan fingerprint density at radius 2 is 0.672 bits per heavy atom. The molecule has 58 heavy (non-hydrogen) atoms. The van der Waals surface area contributed by atoms with Crippen LogP contribution in [0.3, 0.4) is 0 Å². The third kappa shape index (κ3) is 4.85. The molecule has 0 aliphatic rings. The van der Waals surface area contributed by atoms with E-state index in [0.717, 1.165) is 77.5 Å². The number of fused-ring (bicyclic) bond motifs is 8. The highest BCUT2D eigenvalue weighted by Crippen LogP contribution is 2.51. The summed E-state index contributed by atoms with van der Waals surface area (Å²) >= 11 is 0. The summed E-state index contributed by atoms with van der Waals surface area (Å²) < 4.78 is 74.0. The van der Waals surface area contributed by atoms with Gasteiger partial charge in [-0.15, -0.1) is 0 Å². The molecule has 0 atom stereocenters. The van der Waals surface area contributed by atoms with Crippen LogP contribution in [0.4, 0.5) is 17.6 Å². The normalized spacial score (nSPS) is 12.1. The van der Waals surface area contributed by atoms with E-state index in [9.17, 15) is 0 Å². The molecule has 0 aliphatic heterocycles. The van der Waals surface area contributed by atoms with Crippen LogP contribution in [0, 0.1) is 23.3 Å². The molecule has 0 aliphatic carbocycles. The number of benzene rings is 10. The molecular formula is C52H26F4O2. The Hall–Kier alpha value is -7.44. The second-order valence-corrected chi connectivity index (χ2v) is 15.0. The van der Waals surface area contributed by atoms with Crippen molar-refractivity contribution in [2.45, 2.75) is 0 Å². The van der Waals surface area contributed by atoms with Crippen molar-refractivity contribution in [3.63, 3.8) is 0 Å². The van der Waals surface area contributed by atoms with Gasteiger partial charge in [0.2, 0.25) is 0 Å². The molecule has 0 radical (unpaired) electrons. The number of furan rings is 2. The van der Waals surface area contributed by atoms with Crippen molar-refractivity contribution in [3.05, 3.63) is 181 Å². The van der Waals surface area contributed by atoms with E-state index < -0.39 is 23.3 Å². The van der Waals surface area contributed by atoms with E-state index in [1.54, 1.807) is 0 Å². The maximum absolute atomic E-state index is 15.1. The van der Waals surface area contributed by atoms with Crippen LogP contribution in [0.15, 0.2) is 167 Å². The summed E-state index contributed by atoms with van der Waals surface area (Å²) in [6.07, 6.45) is 0. The zero-order valence-corrected chi connectivity index (χ0v) is 30.3. The molecule has 0 spiro atoms. The molecule has 0 bridgehead atoms. The minimum atomic E-state index is -0.703. The van der Waals surface area contributed by atoms with Gasteiger partial charge >= 0.3 is 0 Å². The summed E-state index contributed by atoms with van der Waals surface area (Å²) in [6.45, 7) is 0. The zero-order valence-electron chi connectivity index (χ0n) is 30.3. The number of rotatable bonds is 4. The van der Waals surface area contributed by atoms with Gasteiger partial charge in [0, 0.05) is 55.2 Å². The first-order valence-corrected chi connectivity index (χ1v) is 18.9. The van der Waals surface area contributed by atoms with Crippen molar-refractivity contribution in [2.24, 2.45) is 0 Å². The molecule has 2 heterocycles. The Balaban J connectivity index is 1.28. The van der Waals surface area contributed by atoms with Crippen molar-refractivity contribution >= 4 is 76.2 Å². The lowest BCUT2D eigenvalue weighted by Gasteiger charge is -2.19. The van der Waals surface area contributed by atoms with E-state index in [2.05, 4.69) is 0 Å². The van der Waals surface area contributed by atoms with Gasteiger partial charge in [-0.05, 0) is 128 Å². The molecule has 0 fully saturated rings. The van der Waals surface area contributed by atoms with Gasteiger partial charge in [0.25, 0.3) is 0 Å². The quantitative estimate of drug-likeness (QED) is 0.132. The van der Waals surface area contributed by atoms with Crippen LogP contribution in [0.1, 0.15) is 0 Å². The summed E-state index contributed by atoms with van der Waals surface area (Å²) in [5, 5.41) is 7.66. The molecule has 0 N–H and O–H groups in total. The predicted octanol–water partition coefficient (Wildman–Crippen LogP) is 15.6. The molecule has 12 rings (SSSR count). The van der Waals surface area contributed by atoms with Crippen molar-refractivity contribution < 1.29 is 26.4 Å². The predicted molar refractivity (Wildman–Crippen MR) is 226 cm³/mol. The fraction of sp³-hybridized carbons (Fsp3) is 0. The van der Waals surface area contributed by atoms with Crippen LogP contribution in [0.5, 0.6) is 0 Å². The summed E-state index contributed by atoms with van der Waals surface area (Å²) in [7, 11) is 0. The summed E-state index contributed by atoms with van der Waals surface area (Å²) in [4.78, 5) is 0. The molecular weight excluding hydrogens is 733 g/mol. The molecule has 2 aromatic heterocycles. The Morgan fingerprint density at radius 3 is 1.07 bits per heavy atom. The van der Waals surface area contributed by atoms with Crippen molar-refractivity contribution in [2.75, 3.05) is 0 Å². The van der Waals surface area contributed by atoms with Crippen LogP contribution in [0.25, 0.3) is 121 Å². The van der Waals surface area contributed by atoms with E-state index in [1.807, 2.05) is 121 Å². The fourth-order valence-electron chi connectivity index (χ4n) is 9.07. The highest BCUT2D eigenvalue weighted by Gasteiger charge is 2.25. The van der Waals surface area contributed by atoms with Crippen LogP contribution in [-0.4, -0.2) is 0 Å².